The second kappa shape index (κ2) is 10.2. The Kier molecular flexibility index (Phi) is 8.86. The van der Waals surface area contributed by atoms with E-state index >= 15 is 0 Å². The fraction of sp³-hybridized carbons (Fsp3) is 0.938. The number of nitrogens with one attached hydrogen (secondary N) is 1. The molecule has 1 rings (SSSR count). The number of rotatable bonds is 9. The van der Waals surface area contributed by atoms with Crippen molar-refractivity contribution in [2.75, 3.05) is 26.2 Å². The number of piperidine rings is 1. The van der Waals surface area contributed by atoms with Gasteiger partial charge >= 0.3 is 5.97 Å². The van der Waals surface area contributed by atoms with Gasteiger partial charge in [-0.1, -0.05) is 26.7 Å². The molecular formula is C16H32N2O2. The summed E-state index contributed by atoms with van der Waals surface area (Å²) in [4.78, 5) is 14.5. The van der Waals surface area contributed by atoms with E-state index in [0.717, 1.165) is 38.9 Å². The van der Waals surface area contributed by atoms with E-state index in [0.29, 0.717) is 12.6 Å². The van der Waals surface area contributed by atoms with Crippen molar-refractivity contribution in [3.8, 4) is 0 Å². The lowest BCUT2D eigenvalue weighted by Gasteiger charge is -2.34. The van der Waals surface area contributed by atoms with Crippen molar-refractivity contribution >= 4 is 5.97 Å². The Morgan fingerprint density at radius 2 is 2.10 bits per heavy atom. The molecular weight excluding hydrogens is 252 g/mol. The largest absolute Gasteiger partial charge is 0.465 e. The van der Waals surface area contributed by atoms with Crippen LogP contribution < -0.4 is 5.32 Å². The van der Waals surface area contributed by atoms with Crippen LogP contribution in [0.15, 0.2) is 0 Å². The highest BCUT2D eigenvalue weighted by Crippen LogP contribution is 2.15. The third kappa shape index (κ3) is 5.80. The van der Waals surface area contributed by atoms with E-state index in [1.807, 2.05) is 6.92 Å². The summed E-state index contributed by atoms with van der Waals surface area (Å²) in [5.41, 5.74) is 0. The molecule has 0 radical (unpaired) electrons. The predicted molar refractivity (Wildman–Crippen MR) is 82.8 cm³/mol. The van der Waals surface area contributed by atoms with Gasteiger partial charge in [0.2, 0.25) is 0 Å². The van der Waals surface area contributed by atoms with Gasteiger partial charge in [-0.05, 0) is 45.7 Å². The zero-order valence-corrected chi connectivity index (χ0v) is 13.5. The fourth-order valence-corrected chi connectivity index (χ4v) is 2.99. The predicted octanol–water partition coefficient (Wildman–Crippen LogP) is 2.57. The Morgan fingerprint density at radius 3 is 2.65 bits per heavy atom. The first-order chi connectivity index (χ1) is 9.72. The van der Waals surface area contributed by atoms with Gasteiger partial charge in [0, 0.05) is 12.6 Å². The van der Waals surface area contributed by atoms with Gasteiger partial charge in [0.1, 0.15) is 6.04 Å². The van der Waals surface area contributed by atoms with Gasteiger partial charge < -0.3 is 10.1 Å². The Bertz CT molecular complexity index is 265. The first kappa shape index (κ1) is 17.4. The summed E-state index contributed by atoms with van der Waals surface area (Å²) in [5, 5.41) is 3.58. The van der Waals surface area contributed by atoms with Crippen molar-refractivity contribution in [2.24, 2.45) is 0 Å². The molecule has 0 aromatic rings. The smallest absolute Gasteiger partial charge is 0.323 e. The molecule has 1 aliphatic rings. The Labute approximate surface area is 124 Å². The van der Waals surface area contributed by atoms with Gasteiger partial charge in [-0.3, -0.25) is 9.69 Å². The standard InChI is InChI=1S/C16H32N2O2/c1-4-9-15(16(19)20-6-3)18(12-5-2)13-14-10-7-8-11-17-14/h14-15,17H,4-13H2,1-3H3. The molecule has 0 aromatic heterocycles. The number of esters is 1. The first-order valence-corrected chi connectivity index (χ1v) is 8.36. The summed E-state index contributed by atoms with van der Waals surface area (Å²) in [6, 6.07) is 0.465. The molecule has 0 aliphatic carbocycles. The molecule has 0 spiro atoms. The Hall–Kier alpha value is -0.610. The van der Waals surface area contributed by atoms with Crippen LogP contribution >= 0.6 is 0 Å². The summed E-state index contributed by atoms with van der Waals surface area (Å²) in [6.07, 6.45) is 6.79. The quantitative estimate of drug-likeness (QED) is 0.661. The number of nitrogens with zero attached hydrogens (tertiary/aromatic N) is 1. The first-order valence-electron chi connectivity index (χ1n) is 8.36. The maximum atomic E-state index is 12.2. The molecule has 0 bridgehead atoms. The molecule has 118 valence electrons. The molecule has 2 atom stereocenters. The lowest BCUT2D eigenvalue weighted by molar-refractivity contribution is -0.150. The van der Waals surface area contributed by atoms with Crippen LogP contribution in [0.1, 0.15) is 59.3 Å². The van der Waals surface area contributed by atoms with Gasteiger partial charge in [-0.25, -0.2) is 0 Å². The summed E-state index contributed by atoms with van der Waals surface area (Å²) in [7, 11) is 0. The maximum absolute atomic E-state index is 12.2. The molecule has 1 N–H and O–H groups in total. The lowest BCUT2D eigenvalue weighted by atomic mass is 10.0. The molecule has 1 aliphatic heterocycles. The van der Waals surface area contributed by atoms with Crippen molar-refractivity contribution in [1.82, 2.24) is 10.2 Å². The SMILES string of the molecule is CCCC(C(=O)OCC)N(CCC)CC1CCCCN1. The molecule has 4 heteroatoms. The van der Waals surface area contributed by atoms with Crippen molar-refractivity contribution in [3.63, 3.8) is 0 Å². The Balaban J connectivity index is 2.64. The average Bonchev–Trinajstić information content (AvgIpc) is 2.46. The third-order valence-corrected chi connectivity index (χ3v) is 3.94. The van der Waals surface area contributed by atoms with Crippen LogP contribution in [0.4, 0.5) is 0 Å². The monoisotopic (exact) mass is 284 g/mol. The van der Waals surface area contributed by atoms with Crippen molar-refractivity contribution in [1.29, 1.82) is 0 Å². The van der Waals surface area contributed by atoms with E-state index in [-0.39, 0.29) is 12.0 Å². The van der Waals surface area contributed by atoms with Crippen LogP contribution in [-0.4, -0.2) is 49.2 Å². The minimum Gasteiger partial charge on any atom is -0.465 e. The second-order valence-electron chi connectivity index (χ2n) is 5.70. The molecule has 0 aromatic carbocycles. The highest BCUT2D eigenvalue weighted by Gasteiger charge is 2.28. The van der Waals surface area contributed by atoms with Gasteiger partial charge in [-0.15, -0.1) is 0 Å². The van der Waals surface area contributed by atoms with E-state index in [1.54, 1.807) is 0 Å². The molecule has 1 saturated heterocycles. The normalized spacial score (nSPS) is 20.9. The molecule has 4 nitrogen and oxygen atoms in total. The number of hydrogen-bond donors (Lipinski definition) is 1. The van der Waals surface area contributed by atoms with Crippen LogP contribution in [0.2, 0.25) is 0 Å². The van der Waals surface area contributed by atoms with Crippen LogP contribution in [0.25, 0.3) is 0 Å². The number of ether oxygens (including phenoxy) is 1. The molecule has 0 saturated carbocycles. The number of carbonyl (C=O) groups is 1. The fourth-order valence-electron chi connectivity index (χ4n) is 2.99. The Morgan fingerprint density at radius 1 is 1.30 bits per heavy atom. The van der Waals surface area contributed by atoms with Crippen LogP contribution in [0, 0.1) is 0 Å². The van der Waals surface area contributed by atoms with Gasteiger partial charge in [-0.2, -0.15) is 0 Å². The summed E-state index contributed by atoms with van der Waals surface area (Å²) in [6.45, 7) is 9.72. The number of carbonyl (C=O) groups excluding carboxylic acids is 1. The highest BCUT2D eigenvalue weighted by molar-refractivity contribution is 5.75. The van der Waals surface area contributed by atoms with E-state index < -0.39 is 0 Å². The minimum absolute atomic E-state index is 0.0430. The third-order valence-electron chi connectivity index (χ3n) is 3.94. The van der Waals surface area contributed by atoms with Crippen LogP contribution in [0.5, 0.6) is 0 Å². The van der Waals surface area contributed by atoms with E-state index in [4.69, 9.17) is 4.74 Å². The second-order valence-corrected chi connectivity index (χ2v) is 5.70. The van der Waals surface area contributed by atoms with Crippen molar-refractivity contribution in [2.45, 2.75) is 71.4 Å². The zero-order valence-electron chi connectivity index (χ0n) is 13.5. The van der Waals surface area contributed by atoms with Crippen LogP contribution in [-0.2, 0) is 9.53 Å². The molecule has 0 amide bonds. The summed E-state index contributed by atoms with van der Waals surface area (Å²) < 4.78 is 5.27. The average molecular weight is 284 g/mol. The van der Waals surface area contributed by atoms with E-state index in [2.05, 4.69) is 24.1 Å². The maximum Gasteiger partial charge on any atom is 0.323 e. The van der Waals surface area contributed by atoms with Gasteiger partial charge in [0.15, 0.2) is 0 Å². The van der Waals surface area contributed by atoms with E-state index in [9.17, 15) is 4.79 Å². The van der Waals surface area contributed by atoms with Crippen LogP contribution in [0.3, 0.4) is 0 Å². The number of hydrogen-bond acceptors (Lipinski definition) is 4. The topological polar surface area (TPSA) is 41.6 Å². The summed E-state index contributed by atoms with van der Waals surface area (Å²) >= 11 is 0. The molecule has 2 unspecified atom stereocenters. The van der Waals surface area contributed by atoms with Gasteiger partial charge in [0.05, 0.1) is 6.61 Å². The lowest BCUT2D eigenvalue weighted by Crippen LogP contribution is -2.50. The molecule has 1 heterocycles. The summed E-state index contributed by atoms with van der Waals surface area (Å²) in [5.74, 6) is -0.0430. The zero-order chi connectivity index (χ0) is 14.8. The minimum atomic E-state index is -0.0661. The van der Waals surface area contributed by atoms with Crippen molar-refractivity contribution < 1.29 is 9.53 Å². The molecule has 20 heavy (non-hydrogen) atoms. The van der Waals surface area contributed by atoms with Crippen molar-refractivity contribution in [3.05, 3.63) is 0 Å². The molecule has 1 fully saturated rings. The van der Waals surface area contributed by atoms with E-state index in [1.165, 1.54) is 19.3 Å². The highest BCUT2D eigenvalue weighted by atomic mass is 16.5. The van der Waals surface area contributed by atoms with Gasteiger partial charge in [0.25, 0.3) is 0 Å².